The number of rotatable bonds is 2. The lowest BCUT2D eigenvalue weighted by Crippen LogP contribution is -2.24. The zero-order chi connectivity index (χ0) is 14.3. The first-order valence-electron chi connectivity index (χ1n) is 6.23. The van der Waals surface area contributed by atoms with Crippen molar-refractivity contribution in [1.29, 1.82) is 0 Å². The van der Waals surface area contributed by atoms with Crippen molar-refractivity contribution < 1.29 is 4.74 Å². The van der Waals surface area contributed by atoms with Crippen LogP contribution in [-0.4, -0.2) is 12.6 Å². The molecule has 20 heavy (non-hydrogen) atoms. The highest BCUT2D eigenvalue weighted by Crippen LogP contribution is 2.43. The molecule has 0 fully saturated rings. The number of hydrogen-bond acceptors (Lipinski definition) is 2. The smallest absolute Gasteiger partial charge is 0.131 e. The Balaban J connectivity index is 2.18. The van der Waals surface area contributed by atoms with E-state index in [9.17, 15) is 0 Å². The van der Waals surface area contributed by atoms with Gasteiger partial charge >= 0.3 is 0 Å². The number of nitrogens with two attached hydrogens (primary N) is 1. The van der Waals surface area contributed by atoms with Crippen LogP contribution in [0.2, 0.25) is 15.1 Å². The lowest BCUT2D eigenvalue weighted by molar-refractivity contribution is 0.242. The zero-order valence-electron chi connectivity index (χ0n) is 10.5. The van der Waals surface area contributed by atoms with E-state index in [-0.39, 0.29) is 6.10 Å². The Morgan fingerprint density at radius 2 is 1.80 bits per heavy atom. The molecule has 2 N–H and O–H groups in total. The number of hydrogen-bond donors (Lipinski definition) is 1. The van der Waals surface area contributed by atoms with Gasteiger partial charge in [0.2, 0.25) is 0 Å². The van der Waals surface area contributed by atoms with E-state index in [2.05, 4.69) is 0 Å². The van der Waals surface area contributed by atoms with Crippen LogP contribution in [0.15, 0.2) is 30.3 Å². The summed E-state index contributed by atoms with van der Waals surface area (Å²) in [6, 6.07) is 9.09. The molecule has 0 aliphatic carbocycles. The third-order valence-corrected chi connectivity index (χ3v) is 4.13. The van der Waals surface area contributed by atoms with Gasteiger partial charge in [0, 0.05) is 39.2 Å². The molecule has 0 saturated carbocycles. The molecule has 1 aliphatic rings. The van der Waals surface area contributed by atoms with E-state index in [1.54, 1.807) is 12.1 Å². The van der Waals surface area contributed by atoms with Crippen molar-refractivity contribution in [1.82, 2.24) is 0 Å². The van der Waals surface area contributed by atoms with Crippen LogP contribution in [0.5, 0.6) is 5.75 Å². The highest BCUT2D eigenvalue weighted by molar-refractivity contribution is 6.35. The molecule has 0 radical (unpaired) electrons. The third-order valence-electron chi connectivity index (χ3n) is 3.34. The van der Waals surface area contributed by atoms with Gasteiger partial charge in [-0.15, -0.1) is 0 Å². The van der Waals surface area contributed by atoms with Gasteiger partial charge in [0.05, 0.1) is 0 Å². The molecule has 0 saturated heterocycles. The van der Waals surface area contributed by atoms with E-state index in [1.807, 2.05) is 18.2 Å². The summed E-state index contributed by atoms with van der Waals surface area (Å²) in [7, 11) is 0. The molecule has 5 heteroatoms. The van der Waals surface area contributed by atoms with E-state index < -0.39 is 0 Å². The minimum atomic E-state index is -0.0137. The Hall–Kier alpha value is -0.930. The Morgan fingerprint density at radius 1 is 1.05 bits per heavy atom. The highest BCUT2D eigenvalue weighted by Gasteiger charge is 2.26. The van der Waals surface area contributed by atoms with Crippen molar-refractivity contribution in [2.75, 3.05) is 6.54 Å². The van der Waals surface area contributed by atoms with Gasteiger partial charge in [-0.05, 0) is 35.9 Å². The fourth-order valence-corrected chi connectivity index (χ4v) is 3.06. The Bertz CT molecular complexity index is 672. The summed E-state index contributed by atoms with van der Waals surface area (Å²) < 4.78 is 5.91. The first-order valence-corrected chi connectivity index (χ1v) is 7.36. The topological polar surface area (TPSA) is 35.2 Å². The van der Waals surface area contributed by atoms with Crippen LogP contribution in [-0.2, 0) is 6.42 Å². The normalized spacial score (nSPS) is 16.9. The van der Waals surface area contributed by atoms with Crippen LogP contribution in [0, 0.1) is 0 Å². The van der Waals surface area contributed by atoms with Crippen molar-refractivity contribution in [3.05, 3.63) is 51.0 Å². The number of benzene rings is 2. The summed E-state index contributed by atoms with van der Waals surface area (Å²) in [5, 5.41) is 1.88. The van der Waals surface area contributed by atoms with E-state index in [0.717, 1.165) is 28.9 Å². The predicted molar refractivity (Wildman–Crippen MR) is 84.1 cm³/mol. The lowest BCUT2D eigenvalue weighted by atomic mass is 10.0. The SMILES string of the molecule is NCC1Cc2cc(Cl)cc(-c3cc(Cl)ccc3Cl)c2O1. The maximum atomic E-state index is 6.27. The summed E-state index contributed by atoms with van der Waals surface area (Å²) in [5.41, 5.74) is 8.42. The van der Waals surface area contributed by atoms with Crippen LogP contribution in [0.3, 0.4) is 0 Å². The molecule has 0 spiro atoms. The summed E-state index contributed by atoms with van der Waals surface area (Å²) >= 11 is 18.5. The number of halogens is 3. The maximum absolute atomic E-state index is 6.27. The lowest BCUT2D eigenvalue weighted by Gasteiger charge is -2.13. The largest absolute Gasteiger partial charge is 0.488 e. The van der Waals surface area contributed by atoms with Gasteiger partial charge in [-0.2, -0.15) is 0 Å². The van der Waals surface area contributed by atoms with Crippen LogP contribution < -0.4 is 10.5 Å². The fraction of sp³-hybridized carbons (Fsp3) is 0.200. The Labute approximate surface area is 132 Å². The van der Waals surface area contributed by atoms with Gasteiger partial charge in [0.15, 0.2) is 0 Å². The predicted octanol–water partition coefficient (Wildman–Crippen LogP) is 4.58. The first kappa shape index (κ1) is 14.0. The average Bonchev–Trinajstić information content (AvgIpc) is 2.83. The zero-order valence-corrected chi connectivity index (χ0v) is 12.8. The van der Waals surface area contributed by atoms with Gasteiger partial charge in [0.25, 0.3) is 0 Å². The van der Waals surface area contributed by atoms with Gasteiger partial charge in [-0.1, -0.05) is 34.8 Å². The number of fused-ring (bicyclic) bond motifs is 1. The molecule has 0 bridgehead atoms. The molecule has 1 atom stereocenters. The second kappa shape index (κ2) is 5.45. The van der Waals surface area contributed by atoms with E-state index in [0.29, 0.717) is 21.6 Å². The summed E-state index contributed by atoms with van der Waals surface area (Å²) in [4.78, 5) is 0. The maximum Gasteiger partial charge on any atom is 0.131 e. The summed E-state index contributed by atoms with van der Waals surface area (Å²) in [6.07, 6.45) is 0.748. The van der Waals surface area contributed by atoms with Gasteiger partial charge < -0.3 is 10.5 Å². The van der Waals surface area contributed by atoms with Crippen molar-refractivity contribution in [3.8, 4) is 16.9 Å². The average molecular weight is 329 g/mol. The Morgan fingerprint density at radius 3 is 2.55 bits per heavy atom. The minimum absolute atomic E-state index is 0.0137. The molecular weight excluding hydrogens is 317 g/mol. The molecule has 0 amide bonds. The summed E-state index contributed by atoms with van der Waals surface area (Å²) in [6.45, 7) is 0.467. The van der Waals surface area contributed by atoms with Crippen LogP contribution in [0.1, 0.15) is 5.56 Å². The standard InChI is InChI=1S/C15H12Cl3NO/c16-9-1-2-14(18)12(5-9)13-6-10(17)3-8-4-11(7-19)20-15(8)13/h1-3,5-6,11H,4,7,19H2. The quantitative estimate of drug-likeness (QED) is 0.876. The Kier molecular flexibility index (Phi) is 3.83. The van der Waals surface area contributed by atoms with Crippen LogP contribution in [0.25, 0.3) is 11.1 Å². The third kappa shape index (κ3) is 2.49. The minimum Gasteiger partial charge on any atom is -0.488 e. The van der Waals surface area contributed by atoms with Crippen molar-refractivity contribution in [2.24, 2.45) is 5.73 Å². The second-order valence-corrected chi connectivity index (χ2v) is 6.03. The molecule has 0 aromatic heterocycles. The highest BCUT2D eigenvalue weighted by atomic mass is 35.5. The van der Waals surface area contributed by atoms with Crippen molar-refractivity contribution in [2.45, 2.75) is 12.5 Å². The van der Waals surface area contributed by atoms with Gasteiger partial charge in [-0.3, -0.25) is 0 Å². The molecule has 2 nitrogen and oxygen atoms in total. The van der Waals surface area contributed by atoms with E-state index >= 15 is 0 Å². The molecule has 1 heterocycles. The van der Waals surface area contributed by atoms with Crippen molar-refractivity contribution in [3.63, 3.8) is 0 Å². The number of ether oxygens (including phenoxy) is 1. The van der Waals surface area contributed by atoms with Crippen LogP contribution >= 0.6 is 34.8 Å². The monoisotopic (exact) mass is 327 g/mol. The van der Waals surface area contributed by atoms with Crippen LogP contribution in [0.4, 0.5) is 0 Å². The fourth-order valence-electron chi connectivity index (χ4n) is 2.43. The molecule has 2 aromatic rings. The molecule has 104 valence electrons. The van der Waals surface area contributed by atoms with E-state index in [1.165, 1.54) is 0 Å². The molecule has 1 unspecified atom stereocenters. The molecule has 1 aliphatic heterocycles. The molecule has 2 aromatic carbocycles. The molecular formula is C15H12Cl3NO. The van der Waals surface area contributed by atoms with Crippen molar-refractivity contribution >= 4 is 34.8 Å². The molecule has 3 rings (SSSR count). The first-order chi connectivity index (χ1) is 9.58. The van der Waals surface area contributed by atoms with Gasteiger partial charge in [0.1, 0.15) is 11.9 Å². The van der Waals surface area contributed by atoms with E-state index in [4.69, 9.17) is 45.3 Å². The van der Waals surface area contributed by atoms with Gasteiger partial charge in [-0.25, -0.2) is 0 Å². The second-order valence-electron chi connectivity index (χ2n) is 4.75. The summed E-state index contributed by atoms with van der Waals surface area (Å²) in [5.74, 6) is 0.800.